The third-order valence-corrected chi connectivity index (χ3v) is 2.86. The number of hydrogen-bond donors (Lipinski definition) is 2. The average molecular weight is 280 g/mol. The molecule has 2 aromatic rings. The van der Waals surface area contributed by atoms with Gasteiger partial charge < -0.3 is 11.1 Å². The summed E-state index contributed by atoms with van der Waals surface area (Å²) in [4.78, 5) is 16.1. The van der Waals surface area contributed by atoms with Crippen molar-refractivity contribution < 1.29 is 9.18 Å². The van der Waals surface area contributed by atoms with Gasteiger partial charge in [-0.15, -0.1) is 0 Å². The molecule has 19 heavy (non-hydrogen) atoms. The minimum Gasteiger partial charge on any atom is -0.397 e. The van der Waals surface area contributed by atoms with Gasteiger partial charge in [0.25, 0.3) is 5.91 Å². The lowest BCUT2D eigenvalue weighted by Crippen LogP contribution is -2.15. The van der Waals surface area contributed by atoms with Gasteiger partial charge >= 0.3 is 0 Å². The summed E-state index contributed by atoms with van der Waals surface area (Å²) in [7, 11) is 0. The van der Waals surface area contributed by atoms with Crippen LogP contribution in [0.4, 0.5) is 15.8 Å². The van der Waals surface area contributed by atoms with Gasteiger partial charge in [-0.25, -0.2) is 4.39 Å². The zero-order valence-corrected chi connectivity index (χ0v) is 10.8. The molecule has 0 spiro atoms. The van der Waals surface area contributed by atoms with Crippen molar-refractivity contribution in [1.82, 2.24) is 4.98 Å². The molecular formula is C13H11ClFN3O. The molecule has 0 saturated carbocycles. The molecule has 0 aliphatic rings. The smallest absolute Gasteiger partial charge is 0.257 e. The van der Waals surface area contributed by atoms with Gasteiger partial charge in [-0.05, 0) is 31.2 Å². The zero-order chi connectivity index (χ0) is 14.0. The maximum Gasteiger partial charge on any atom is 0.257 e. The normalized spacial score (nSPS) is 10.3. The van der Waals surface area contributed by atoms with Crippen LogP contribution in [-0.4, -0.2) is 10.9 Å². The van der Waals surface area contributed by atoms with Crippen molar-refractivity contribution in [3.63, 3.8) is 0 Å². The minimum absolute atomic E-state index is 0.202. The van der Waals surface area contributed by atoms with E-state index in [4.69, 9.17) is 17.3 Å². The summed E-state index contributed by atoms with van der Waals surface area (Å²) in [5.74, 6) is -0.924. The number of nitrogen functional groups attached to an aromatic ring is 1. The van der Waals surface area contributed by atoms with E-state index in [1.165, 1.54) is 24.4 Å². The Labute approximate surface area is 114 Å². The molecule has 1 amide bonds. The van der Waals surface area contributed by atoms with Crippen molar-refractivity contribution >= 4 is 28.9 Å². The topological polar surface area (TPSA) is 68.0 Å². The highest BCUT2D eigenvalue weighted by Gasteiger charge is 2.12. The van der Waals surface area contributed by atoms with E-state index < -0.39 is 11.7 Å². The molecule has 1 aromatic heterocycles. The number of aryl methyl sites for hydroxylation is 1. The first-order chi connectivity index (χ1) is 8.97. The monoisotopic (exact) mass is 279 g/mol. The fourth-order valence-electron chi connectivity index (χ4n) is 1.56. The molecule has 0 atom stereocenters. The third-order valence-electron chi connectivity index (χ3n) is 2.53. The lowest BCUT2D eigenvalue weighted by atomic mass is 10.1. The standard InChI is InChI=1S/C13H11ClFN3O/c1-7-10(5-9(16)6-17-7)13(19)18-12-4-8(15)2-3-11(12)14/h2-6H,16H2,1H3,(H,18,19). The number of halogens is 2. The summed E-state index contributed by atoms with van der Waals surface area (Å²) in [6, 6.07) is 5.24. The Bertz CT molecular complexity index is 646. The van der Waals surface area contributed by atoms with Crippen LogP contribution in [0.5, 0.6) is 0 Å². The first kappa shape index (κ1) is 13.3. The molecule has 6 heteroatoms. The number of pyridine rings is 1. The Morgan fingerprint density at radius 1 is 1.42 bits per heavy atom. The van der Waals surface area contributed by atoms with E-state index in [0.29, 0.717) is 16.9 Å². The lowest BCUT2D eigenvalue weighted by molar-refractivity contribution is 0.102. The lowest BCUT2D eigenvalue weighted by Gasteiger charge is -2.09. The summed E-state index contributed by atoms with van der Waals surface area (Å²) in [6.07, 6.45) is 1.46. The number of nitrogens with one attached hydrogen (secondary N) is 1. The van der Waals surface area contributed by atoms with E-state index in [1.54, 1.807) is 6.92 Å². The molecule has 1 aromatic carbocycles. The number of benzene rings is 1. The van der Waals surface area contributed by atoms with Crippen molar-refractivity contribution in [3.05, 3.63) is 52.6 Å². The second kappa shape index (κ2) is 5.24. The van der Waals surface area contributed by atoms with Gasteiger partial charge in [0, 0.05) is 0 Å². The SMILES string of the molecule is Cc1ncc(N)cc1C(=O)Nc1cc(F)ccc1Cl. The van der Waals surface area contributed by atoms with Gasteiger partial charge in [-0.1, -0.05) is 11.6 Å². The van der Waals surface area contributed by atoms with Crippen LogP contribution >= 0.6 is 11.6 Å². The quantitative estimate of drug-likeness (QED) is 0.888. The Kier molecular flexibility index (Phi) is 3.66. The van der Waals surface area contributed by atoms with E-state index in [0.717, 1.165) is 6.07 Å². The number of hydrogen-bond acceptors (Lipinski definition) is 3. The van der Waals surface area contributed by atoms with Gasteiger partial charge in [0.1, 0.15) is 5.82 Å². The van der Waals surface area contributed by atoms with Gasteiger partial charge in [0.15, 0.2) is 0 Å². The molecule has 0 unspecified atom stereocenters. The fraction of sp³-hybridized carbons (Fsp3) is 0.0769. The average Bonchev–Trinajstić information content (AvgIpc) is 2.36. The number of aromatic nitrogens is 1. The summed E-state index contributed by atoms with van der Waals surface area (Å²) < 4.78 is 13.1. The van der Waals surface area contributed by atoms with Gasteiger partial charge in [0.2, 0.25) is 0 Å². The summed E-state index contributed by atoms with van der Waals surface area (Å²) in [6.45, 7) is 1.68. The van der Waals surface area contributed by atoms with Crippen LogP contribution in [0.3, 0.4) is 0 Å². The highest BCUT2D eigenvalue weighted by Crippen LogP contribution is 2.23. The Balaban J connectivity index is 2.30. The van der Waals surface area contributed by atoms with E-state index in [1.807, 2.05) is 0 Å². The van der Waals surface area contributed by atoms with Gasteiger partial charge in [-0.2, -0.15) is 0 Å². The molecule has 0 fully saturated rings. The van der Waals surface area contributed by atoms with Crippen LogP contribution in [0.15, 0.2) is 30.5 Å². The summed E-state index contributed by atoms with van der Waals surface area (Å²) in [5.41, 5.74) is 7.01. The second-order valence-corrected chi connectivity index (χ2v) is 4.39. The summed E-state index contributed by atoms with van der Waals surface area (Å²) >= 11 is 5.88. The predicted molar refractivity (Wildman–Crippen MR) is 72.7 cm³/mol. The maximum absolute atomic E-state index is 13.1. The largest absolute Gasteiger partial charge is 0.397 e. The van der Waals surface area contributed by atoms with E-state index in [9.17, 15) is 9.18 Å². The molecule has 98 valence electrons. The summed E-state index contributed by atoms with van der Waals surface area (Å²) in [5, 5.41) is 2.78. The number of anilines is 2. The molecule has 0 bridgehead atoms. The molecule has 0 aliphatic heterocycles. The third kappa shape index (κ3) is 3.00. The number of carbonyl (C=O) groups excluding carboxylic acids is 1. The number of nitrogens with zero attached hydrogens (tertiary/aromatic N) is 1. The van der Waals surface area contributed by atoms with Gasteiger partial charge in [-0.3, -0.25) is 9.78 Å². The van der Waals surface area contributed by atoms with Crippen LogP contribution in [0.25, 0.3) is 0 Å². The number of carbonyl (C=O) groups is 1. The van der Waals surface area contributed by atoms with E-state index in [2.05, 4.69) is 10.3 Å². The molecule has 3 N–H and O–H groups in total. The molecule has 0 radical (unpaired) electrons. The van der Waals surface area contributed by atoms with Crippen molar-refractivity contribution in [3.8, 4) is 0 Å². The second-order valence-electron chi connectivity index (χ2n) is 3.98. The molecule has 1 heterocycles. The molecule has 4 nitrogen and oxygen atoms in total. The van der Waals surface area contributed by atoms with Crippen molar-refractivity contribution in [2.24, 2.45) is 0 Å². The van der Waals surface area contributed by atoms with E-state index in [-0.39, 0.29) is 10.7 Å². The highest BCUT2D eigenvalue weighted by molar-refractivity contribution is 6.33. The number of rotatable bonds is 2. The van der Waals surface area contributed by atoms with Crippen molar-refractivity contribution in [2.45, 2.75) is 6.92 Å². The van der Waals surface area contributed by atoms with Crippen molar-refractivity contribution in [1.29, 1.82) is 0 Å². The minimum atomic E-state index is -0.484. The van der Waals surface area contributed by atoms with Gasteiger partial charge in [0.05, 0.1) is 33.9 Å². The molecule has 0 aliphatic carbocycles. The van der Waals surface area contributed by atoms with Crippen LogP contribution < -0.4 is 11.1 Å². The molecule has 2 rings (SSSR count). The Morgan fingerprint density at radius 2 is 2.16 bits per heavy atom. The molecular weight excluding hydrogens is 269 g/mol. The zero-order valence-electron chi connectivity index (χ0n) is 10.1. The fourth-order valence-corrected chi connectivity index (χ4v) is 1.73. The molecule has 0 saturated heterocycles. The first-order valence-corrected chi connectivity index (χ1v) is 5.83. The van der Waals surface area contributed by atoms with Crippen LogP contribution in [0, 0.1) is 12.7 Å². The Hall–Kier alpha value is -2.14. The van der Waals surface area contributed by atoms with Crippen molar-refractivity contribution in [2.75, 3.05) is 11.1 Å². The Morgan fingerprint density at radius 3 is 2.89 bits per heavy atom. The highest BCUT2D eigenvalue weighted by atomic mass is 35.5. The van der Waals surface area contributed by atoms with E-state index >= 15 is 0 Å². The predicted octanol–water partition coefficient (Wildman–Crippen LogP) is 3.02. The van der Waals surface area contributed by atoms with Crippen LogP contribution in [0.2, 0.25) is 5.02 Å². The number of nitrogens with two attached hydrogens (primary N) is 1. The first-order valence-electron chi connectivity index (χ1n) is 5.46. The number of amides is 1. The maximum atomic E-state index is 13.1. The van der Waals surface area contributed by atoms with Crippen LogP contribution in [0.1, 0.15) is 16.1 Å². The van der Waals surface area contributed by atoms with Crippen LogP contribution in [-0.2, 0) is 0 Å².